The molecule has 0 aromatic carbocycles. The zero-order valence-electron chi connectivity index (χ0n) is 11.9. The molecule has 1 heterocycles. The Balaban J connectivity index is 2.48. The van der Waals surface area contributed by atoms with Gasteiger partial charge >= 0.3 is 5.97 Å². The minimum atomic E-state index is -0.980. The van der Waals surface area contributed by atoms with E-state index >= 15 is 0 Å². The molecule has 0 bridgehead atoms. The zero-order chi connectivity index (χ0) is 15.1. The topological polar surface area (TPSA) is 110 Å². The van der Waals surface area contributed by atoms with E-state index < -0.39 is 5.97 Å². The molecule has 0 radical (unpaired) electrons. The number of hydrogen-bond donors (Lipinski definition) is 3. The van der Waals surface area contributed by atoms with Crippen molar-refractivity contribution < 1.29 is 14.7 Å². The summed E-state index contributed by atoms with van der Waals surface area (Å²) in [5, 5.41) is 15.2. The number of aromatic nitrogens is 2. The minimum Gasteiger partial charge on any atom is -0.480 e. The standard InChI is InChI=1S/C13H22N4O3/c1-9(2)3-10(5-14)4-12(18)16-11-6-15-17(7-11)8-13(19)20/h6-7,9-10H,3-5,8,14H2,1-2H3,(H,16,18)(H,19,20)/t10-/m0/s1. The Morgan fingerprint density at radius 2 is 2.20 bits per heavy atom. The third-order valence-corrected chi connectivity index (χ3v) is 2.83. The van der Waals surface area contributed by atoms with Crippen molar-refractivity contribution in [1.29, 1.82) is 0 Å². The molecule has 1 aromatic rings. The Hall–Kier alpha value is -1.89. The van der Waals surface area contributed by atoms with Crippen LogP contribution in [0.5, 0.6) is 0 Å². The van der Waals surface area contributed by atoms with Crippen molar-refractivity contribution in [3.8, 4) is 0 Å². The van der Waals surface area contributed by atoms with Gasteiger partial charge in [-0.15, -0.1) is 0 Å². The third kappa shape index (κ3) is 5.83. The second-order valence-corrected chi connectivity index (χ2v) is 5.30. The van der Waals surface area contributed by atoms with E-state index in [0.29, 0.717) is 24.6 Å². The molecule has 0 fully saturated rings. The Bertz CT molecular complexity index is 456. The molecule has 0 aliphatic carbocycles. The van der Waals surface area contributed by atoms with Crippen LogP contribution in [0.4, 0.5) is 5.69 Å². The first kappa shape index (κ1) is 16.2. The molecule has 0 unspecified atom stereocenters. The number of carbonyl (C=O) groups is 2. The highest BCUT2D eigenvalue weighted by Gasteiger charge is 2.14. The summed E-state index contributed by atoms with van der Waals surface area (Å²) >= 11 is 0. The van der Waals surface area contributed by atoms with Crippen LogP contribution in [-0.4, -0.2) is 33.3 Å². The van der Waals surface area contributed by atoms with Crippen LogP contribution in [0.15, 0.2) is 12.4 Å². The number of nitrogens with zero attached hydrogens (tertiary/aromatic N) is 2. The second-order valence-electron chi connectivity index (χ2n) is 5.30. The molecular formula is C13H22N4O3. The number of nitrogens with two attached hydrogens (primary N) is 1. The lowest BCUT2D eigenvalue weighted by atomic mass is 9.94. The molecule has 112 valence electrons. The maximum Gasteiger partial charge on any atom is 0.325 e. The van der Waals surface area contributed by atoms with E-state index in [2.05, 4.69) is 24.3 Å². The summed E-state index contributed by atoms with van der Waals surface area (Å²) < 4.78 is 1.26. The van der Waals surface area contributed by atoms with Crippen LogP contribution < -0.4 is 11.1 Å². The fourth-order valence-electron chi connectivity index (χ4n) is 2.06. The summed E-state index contributed by atoms with van der Waals surface area (Å²) in [6.45, 7) is 4.44. The third-order valence-electron chi connectivity index (χ3n) is 2.83. The van der Waals surface area contributed by atoms with Gasteiger partial charge in [0, 0.05) is 12.6 Å². The predicted octanol–water partition coefficient (Wildman–Crippen LogP) is 0.917. The summed E-state index contributed by atoms with van der Waals surface area (Å²) in [5.74, 6) is -0.458. The SMILES string of the molecule is CC(C)C[C@H](CN)CC(=O)Nc1cnn(CC(=O)O)c1. The van der Waals surface area contributed by atoms with Crippen LogP contribution >= 0.6 is 0 Å². The van der Waals surface area contributed by atoms with Crippen LogP contribution in [0, 0.1) is 11.8 Å². The molecule has 7 heteroatoms. The highest BCUT2D eigenvalue weighted by Crippen LogP contribution is 2.15. The molecule has 0 aliphatic heterocycles. The van der Waals surface area contributed by atoms with Crippen molar-refractivity contribution >= 4 is 17.6 Å². The second kappa shape index (κ2) is 7.64. The van der Waals surface area contributed by atoms with Gasteiger partial charge in [0.2, 0.25) is 5.91 Å². The van der Waals surface area contributed by atoms with Crippen molar-refractivity contribution in [2.45, 2.75) is 33.2 Å². The molecule has 1 amide bonds. The number of aliphatic carboxylic acids is 1. The minimum absolute atomic E-state index is 0.129. The van der Waals surface area contributed by atoms with Crippen molar-refractivity contribution in [2.24, 2.45) is 17.6 Å². The van der Waals surface area contributed by atoms with E-state index in [1.54, 1.807) is 0 Å². The first-order chi connectivity index (χ1) is 9.40. The highest BCUT2D eigenvalue weighted by atomic mass is 16.4. The lowest BCUT2D eigenvalue weighted by Crippen LogP contribution is -2.23. The van der Waals surface area contributed by atoms with E-state index in [4.69, 9.17) is 10.8 Å². The maximum absolute atomic E-state index is 11.9. The predicted molar refractivity (Wildman–Crippen MR) is 75.1 cm³/mol. The van der Waals surface area contributed by atoms with Gasteiger partial charge in [0.05, 0.1) is 11.9 Å². The maximum atomic E-state index is 11.9. The number of anilines is 1. The molecule has 20 heavy (non-hydrogen) atoms. The number of hydrogen-bond acceptors (Lipinski definition) is 4. The van der Waals surface area contributed by atoms with Gasteiger partial charge in [0.25, 0.3) is 0 Å². The Labute approximate surface area is 118 Å². The van der Waals surface area contributed by atoms with Gasteiger partial charge < -0.3 is 16.2 Å². The van der Waals surface area contributed by atoms with Crippen molar-refractivity contribution in [1.82, 2.24) is 9.78 Å². The van der Waals surface area contributed by atoms with E-state index in [1.165, 1.54) is 17.1 Å². The van der Waals surface area contributed by atoms with Crippen LogP contribution in [0.3, 0.4) is 0 Å². The molecule has 4 N–H and O–H groups in total. The average Bonchev–Trinajstić information content (AvgIpc) is 2.73. The first-order valence-electron chi connectivity index (χ1n) is 6.64. The van der Waals surface area contributed by atoms with Gasteiger partial charge in [-0.3, -0.25) is 14.3 Å². The molecular weight excluding hydrogens is 260 g/mol. The zero-order valence-corrected chi connectivity index (χ0v) is 11.9. The van der Waals surface area contributed by atoms with Gasteiger partial charge in [-0.2, -0.15) is 5.10 Å². The summed E-state index contributed by atoms with van der Waals surface area (Å²) in [6.07, 6.45) is 4.19. The van der Waals surface area contributed by atoms with Gasteiger partial charge in [-0.1, -0.05) is 13.8 Å². The van der Waals surface area contributed by atoms with Crippen LogP contribution in [0.2, 0.25) is 0 Å². The van der Waals surface area contributed by atoms with Gasteiger partial charge in [0.1, 0.15) is 6.54 Å². The number of rotatable bonds is 8. The molecule has 0 aliphatic rings. The highest BCUT2D eigenvalue weighted by molar-refractivity contribution is 5.90. The van der Waals surface area contributed by atoms with E-state index in [9.17, 15) is 9.59 Å². The molecule has 1 aromatic heterocycles. The molecule has 1 rings (SSSR count). The van der Waals surface area contributed by atoms with E-state index in [-0.39, 0.29) is 18.4 Å². The van der Waals surface area contributed by atoms with Gasteiger partial charge in [0.15, 0.2) is 0 Å². The molecule has 0 saturated carbocycles. The van der Waals surface area contributed by atoms with E-state index in [1.807, 2.05) is 0 Å². The van der Waals surface area contributed by atoms with Crippen LogP contribution in [0.25, 0.3) is 0 Å². The lowest BCUT2D eigenvalue weighted by molar-refractivity contribution is -0.137. The fourth-order valence-corrected chi connectivity index (χ4v) is 2.06. The average molecular weight is 282 g/mol. The monoisotopic (exact) mass is 282 g/mol. The van der Waals surface area contributed by atoms with Gasteiger partial charge in [-0.05, 0) is 24.8 Å². The summed E-state index contributed by atoms with van der Waals surface area (Å²) in [5.41, 5.74) is 6.16. The van der Waals surface area contributed by atoms with Crippen molar-refractivity contribution in [3.05, 3.63) is 12.4 Å². The summed E-state index contributed by atoms with van der Waals surface area (Å²) in [6, 6.07) is 0. The van der Waals surface area contributed by atoms with Crippen LogP contribution in [-0.2, 0) is 16.1 Å². The number of carboxylic acids is 1. The number of carboxylic acid groups (broad SMARTS) is 1. The Morgan fingerprint density at radius 3 is 2.75 bits per heavy atom. The smallest absolute Gasteiger partial charge is 0.325 e. The Morgan fingerprint density at radius 1 is 1.50 bits per heavy atom. The summed E-state index contributed by atoms with van der Waals surface area (Å²) in [4.78, 5) is 22.4. The Kier molecular flexibility index (Phi) is 6.17. The fraction of sp³-hybridized carbons (Fsp3) is 0.615. The van der Waals surface area contributed by atoms with Gasteiger partial charge in [-0.25, -0.2) is 0 Å². The molecule has 1 atom stereocenters. The van der Waals surface area contributed by atoms with Crippen LogP contribution in [0.1, 0.15) is 26.7 Å². The number of nitrogens with one attached hydrogen (secondary N) is 1. The normalized spacial score (nSPS) is 12.4. The van der Waals surface area contributed by atoms with Crippen molar-refractivity contribution in [3.63, 3.8) is 0 Å². The molecule has 0 saturated heterocycles. The number of amides is 1. The van der Waals surface area contributed by atoms with E-state index in [0.717, 1.165) is 6.42 Å². The quantitative estimate of drug-likeness (QED) is 0.656. The largest absolute Gasteiger partial charge is 0.480 e. The molecule has 0 spiro atoms. The molecule has 7 nitrogen and oxygen atoms in total. The number of carbonyl (C=O) groups excluding carboxylic acids is 1. The summed E-state index contributed by atoms with van der Waals surface area (Å²) in [7, 11) is 0. The van der Waals surface area contributed by atoms with Crippen molar-refractivity contribution in [2.75, 3.05) is 11.9 Å². The lowest BCUT2D eigenvalue weighted by Gasteiger charge is -2.16. The first-order valence-corrected chi connectivity index (χ1v) is 6.64.